The Morgan fingerprint density at radius 1 is 1.03 bits per heavy atom. The predicted molar refractivity (Wildman–Crippen MR) is 141 cm³/mol. The molecule has 4 N–H and O–H groups in total. The van der Waals surface area contributed by atoms with Crippen LogP contribution in [0, 0.1) is 0 Å². The number of H-pyrrole nitrogens is 1. The summed E-state index contributed by atoms with van der Waals surface area (Å²) in [5, 5.41) is 0. The number of anilines is 1. The number of hydrogen-bond acceptors (Lipinski definition) is 5. The molecule has 0 fully saturated rings. The van der Waals surface area contributed by atoms with Crippen LogP contribution in [0.3, 0.4) is 0 Å². The molecular formula is C24H29KN3O6S. The molecule has 35 heavy (non-hydrogen) atoms. The zero-order valence-electron chi connectivity index (χ0n) is 20.7. The Labute approximate surface area is 247 Å². The van der Waals surface area contributed by atoms with Crippen molar-refractivity contribution in [3.63, 3.8) is 0 Å². The van der Waals surface area contributed by atoms with Crippen LogP contribution in [0.1, 0.15) is 37.5 Å². The molecule has 0 bridgehead atoms. The van der Waals surface area contributed by atoms with Gasteiger partial charge in [-0.3, -0.25) is 19.1 Å². The van der Waals surface area contributed by atoms with Crippen LogP contribution in [0.4, 0.5) is 5.69 Å². The second-order valence-electron chi connectivity index (χ2n) is 8.68. The minimum absolute atomic E-state index is 0. The SMILES string of the molecule is COc1c(/C=C/c2ccc(NS(C)(=O)=O)cc2)cc(-n2ccc(=O)[nH]c2=O)cc1C(C)(C)C.O.[K]. The van der Waals surface area contributed by atoms with E-state index in [0.29, 0.717) is 17.1 Å². The summed E-state index contributed by atoms with van der Waals surface area (Å²) in [6.07, 6.45) is 6.28. The summed E-state index contributed by atoms with van der Waals surface area (Å²) in [4.78, 5) is 26.2. The van der Waals surface area contributed by atoms with E-state index in [2.05, 4.69) is 9.71 Å². The molecule has 1 aromatic heterocycles. The van der Waals surface area contributed by atoms with E-state index < -0.39 is 21.3 Å². The summed E-state index contributed by atoms with van der Waals surface area (Å²) in [5.41, 5.74) is 2.28. The standard InChI is InChI=1S/C24H27N3O5S.K.H2O/c1-24(2,3)20-15-19(27-13-12-21(28)25-23(27)29)14-17(22(20)32-4)9-6-16-7-10-18(11-8-16)26-33(5,30)31;;/h6-15,26H,1-5H3,(H,25,28,29);;1H2/b9-6+;;. The van der Waals surface area contributed by atoms with Gasteiger partial charge in [0.25, 0.3) is 5.56 Å². The molecule has 1 radical (unpaired) electrons. The van der Waals surface area contributed by atoms with Gasteiger partial charge in [-0.15, -0.1) is 0 Å². The van der Waals surface area contributed by atoms with E-state index in [0.717, 1.165) is 22.9 Å². The van der Waals surface area contributed by atoms with Crippen LogP contribution in [0.2, 0.25) is 0 Å². The van der Waals surface area contributed by atoms with Crippen LogP contribution < -0.4 is 20.7 Å². The van der Waals surface area contributed by atoms with Crippen molar-refractivity contribution in [1.82, 2.24) is 9.55 Å². The topological polar surface area (TPSA) is 142 Å². The molecule has 0 atom stereocenters. The van der Waals surface area contributed by atoms with E-state index in [1.54, 1.807) is 31.4 Å². The molecule has 0 saturated carbocycles. The third-order valence-corrected chi connectivity index (χ3v) is 5.49. The minimum atomic E-state index is -3.34. The molecule has 2 aromatic carbocycles. The summed E-state index contributed by atoms with van der Waals surface area (Å²) < 4.78 is 32.3. The molecule has 0 aliphatic heterocycles. The molecule has 183 valence electrons. The second kappa shape index (κ2) is 12.3. The number of aromatic amines is 1. The van der Waals surface area contributed by atoms with Crippen molar-refractivity contribution in [3.8, 4) is 11.4 Å². The largest absolute Gasteiger partial charge is 0.496 e. The van der Waals surface area contributed by atoms with Crippen LogP contribution >= 0.6 is 0 Å². The Hall–Kier alpha value is -1.99. The van der Waals surface area contributed by atoms with E-state index in [1.807, 2.05) is 45.1 Å². The van der Waals surface area contributed by atoms with Crippen molar-refractivity contribution in [2.45, 2.75) is 26.2 Å². The molecule has 3 rings (SSSR count). The van der Waals surface area contributed by atoms with E-state index in [9.17, 15) is 18.0 Å². The number of benzene rings is 2. The fourth-order valence-corrected chi connectivity index (χ4v) is 3.93. The van der Waals surface area contributed by atoms with Crippen LogP contribution in [-0.2, 0) is 15.4 Å². The van der Waals surface area contributed by atoms with Gasteiger partial charge >= 0.3 is 5.69 Å². The fourth-order valence-electron chi connectivity index (χ4n) is 3.37. The third kappa shape index (κ3) is 8.28. The normalized spacial score (nSPS) is 11.5. The van der Waals surface area contributed by atoms with Gasteiger partial charge in [-0.1, -0.05) is 45.1 Å². The van der Waals surface area contributed by atoms with Gasteiger partial charge in [-0.25, -0.2) is 13.2 Å². The molecule has 0 aliphatic rings. The molecule has 0 spiro atoms. The zero-order valence-corrected chi connectivity index (χ0v) is 24.6. The minimum Gasteiger partial charge on any atom is -0.496 e. The Bertz CT molecular complexity index is 1420. The molecule has 1 heterocycles. The van der Waals surface area contributed by atoms with E-state index in [-0.39, 0.29) is 62.3 Å². The number of methoxy groups -OCH3 is 1. The molecule has 0 amide bonds. The maximum atomic E-state index is 12.4. The monoisotopic (exact) mass is 526 g/mol. The first-order chi connectivity index (χ1) is 15.4. The quantitative estimate of drug-likeness (QED) is 0.374. The summed E-state index contributed by atoms with van der Waals surface area (Å²) in [7, 11) is -1.75. The zero-order chi connectivity index (χ0) is 24.4. The average molecular weight is 527 g/mol. The van der Waals surface area contributed by atoms with E-state index >= 15 is 0 Å². The first-order valence-corrected chi connectivity index (χ1v) is 12.1. The van der Waals surface area contributed by atoms with E-state index in [4.69, 9.17) is 4.74 Å². The number of rotatable bonds is 6. The fraction of sp³-hybridized carbons (Fsp3) is 0.250. The summed E-state index contributed by atoms with van der Waals surface area (Å²) in [5.74, 6) is 0.676. The van der Waals surface area contributed by atoms with Gasteiger partial charge < -0.3 is 10.2 Å². The Morgan fingerprint density at radius 2 is 1.66 bits per heavy atom. The maximum Gasteiger partial charge on any atom is 0.332 e. The third-order valence-electron chi connectivity index (χ3n) is 4.89. The molecular weight excluding hydrogens is 497 g/mol. The summed E-state index contributed by atoms with van der Waals surface area (Å²) in [6, 6.07) is 11.9. The Balaban J connectivity index is 0.00000306. The first kappa shape index (κ1) is 31.0. The molecule has 0 aliphatic carbocycles. The number of hydrogen-bond donors (Lipinski definition) is 2. The van der Waals surface area contributed by atoms with Crippen molar-refractivity contribution in [2.75, 3.05) is 18.1 Å². The van der Waals surface area contributed by atoms with Gasteiger partial charge in [0.1, 0.15) is 5.75 Å². The van der Waals surface area contributed by atoms with Gasteiger partial charge in [0.05, 0.1) is 19.1 Å². The summed E-state index contributed by atoms with van der Waals surface area (Å²) in [6.45, 7) is 6.14. The van der Waals surface area contributed by atoms with Crippen LogP contribution in [-0.4, -0.2) is 88.2 Å². The van der Waals surface area contributed by atoms with Gasteiger partial charge in [0, 0.05) is 80.5 Å². The number of ether oxygens (including phenoxy) is 1. The van der Waals surface area contributed by atoms with Gasteiger partial charge in [0.2, 0.25) is 10.0 Å². The van der Waals surface area contributed by atoms with Crippen molar-refractivity contribution in [3.05, 3.63) is 86.2 Å². The van der Waals surface area contributed by atoms with Gasteiger partial charge in [-0.05, 0) is 35.2 Å². The van der Waals surface area contributed by atoms with Crippen LogP contribution in [0.25, 0.3) is 17.8 Å². The first-order valence-electron chi connectivity index (χ1n) is 10.2. The van der Waals surface area contributed by atoms with Crippen molar-refractivity contribution in [1.29, 1.82) is 0 Å². The maximum absolute atomic E-state index is 12.4. The number of nitrogens with one attached hydrogen (secondary N) is 2. The van der Waals surface area contributed by atoms with Crippen molar-refractivity contribution < 1.29 is 18.6 Å². The van der Waals surface area contributed by atoms with Crippen molar-refractivity contribution >= 4 is 79.2 Å². The molecule has 11 heteroatoms. The Morgan fingerprint density at radius 3 is 2.17 bits per heavy atom. The van der Waals surface area contributed by atoms with Crippen molar-refractivity contribution in [2.24, 2.45) is 0 Å². The molecule has 9 nitrogen and oxygen atoms in total. The molecule has 0 saturated heterocycles. The number of sulfonamides is 1. The molecule has 0 unspecified atom stereocenters. The number of aromatic nitrogens is 2. The van der Waals surface area contributed by atoms with Gasteiger partial charge in [0.15, 0.2) is 0 Å². The second-order valence-corrected chi connectivity index (χ2v) is 10.4. The van der Waals surface area contributed by atoms with E-state index in [1.165, 1.54) is 16.8 Å². The van der Waals surface area contributed by atoms with Gasteiger partial charge in [-0.2, -0.15) is 0 Å². The molecule has 3 aromatic rings. The number of nitrogens with zero attached hydrogens (tertiary/aromatic N) is 1. The predicted octanol–water partition coefficient (Wildman–Crippen LogP) is 2.17. The van der Waals surface area contributed by atoms with Crippen LogP contribution in [0.15, 0.2) is 58.3 Å². The average Bonchev–Trinajstić information content (AvgIpc) is 2.71. The Kier molecular flexibility index (Phi) is 10.9. The summed E-state index contributed by atoms with van der Waals surface area (Å²) >= 11 is 0. The van der Waals surface area contributed by atoms with Crippen LogP contribution in [0.5, 0.6) is 5.75 Å². The smallest absolute Gasteiger partial charge is 0.332 e.